The van der Waals surface area contributed by atoms with E-state index in [1.807, 2.05) is 18.2 Å². The smallest absolute Gasteiger partial charge is 0.272 e. The molecular weight excluding hydrogens is 494 g/mol. The van der Waals surface area contributed by atoms with Gasteiger partial charge in [0.05, 0.1) is 21.0 Å². The molecule has 1 fully saturated rings. The lowest BCUT2D eigenvalue weighted by Crippen LogP contribution is -2.19. The van der Waals surface area contributed by atoms with E-state index in [0.717, 1.165) is 37.3 Å². The maximum absolute atomic E-state index is 13.8. The molecule has 1 saturated carbocycles. The summed E-state index contributed by atoms with van der Waals surface area (Å²) in [6, 6.07) is 8.09. The number of rotatable bonds is 6. The van der Waals surface area contributed by atoms with E-state index in [0.29, 0.717) is 12.0 Å². The molecule has 0 radical (unpaired) electrons. The van der Waals surface area contributed by atoms with E-state index in [9.17, 15) is 18.0 Å². The first-order valence-electron chi connectivity index (χ1n) is 10.7. The first-order valence-corrected chi connectivity index (χ1v) is 11.9. The van der Waals surface area contributed by atoms with Gasteiger partial charge in [-0.1, -0.05) is 65.2 Å². The van der Waals surface area contributed by atoms with E-state index in [-0.39, 0.29) is 38.4 Å². The van der Waals surface area contributed by atoms with Crippen LogP contribution in [0.15, 0.2) is 41.4 Å². The van der Waals surface area contributed by atoms with Gasteiger partial charge in [0, 0.05) is 12.1 Å². The van der Waals surface area contributed by atoms with Crippen molar-refractivity contribution in [1.82, 2.24) is 0 Å². The number of hydrogen-bond acceptors (Lipinski definition) is 1. The van der Waals surface area contributed by atoms with Gasteiger partial charge in [-0.2, -0.15) is 13.2 Å². The Morgan fingerprint density at radius 1 is 1.09 bits per heavy atom. The number of allylic oxidation sites excluding steroid dienone is 1. The summed E-state index contributed by atoms with van der Waals surface area (Å²) in [5, 5.41) is -0.0115. The monoisotopic (exact) mass is 513 g/mol. The summed E-state index contributed by atoms with van der Waals surface area (Å²) in [6.45, 7) is 0. The van der Waals surface area contributed by atoms with E-state index < -0.39 is 12.1 Å². The zero-order valence-corrected chi connectivity index (χ0v) is 19.8. The fourth-order valence-electron chi connectivity index (χ4n) is 4.15. The topological polar surface area (TPSA) is 29.4 Å². The average molecular weight is 515 g/mol. The third-order valence-corrected chi connectivity index (χ3v) is 7.30. The van der Waals surface area contributed by atoms with Gasteiger partial charge in [-0.05, 0) is 72.4 Å². The SMILES string of the molecule is O=C(/N=C/CC1CCc2cc(/C=C/C(c3cc(Cl)c(Cl)c(Cl)c3)C(F)(F)F)ccc21)C1CC1. The Morgan fingerprint density at radius 3 is 2.42 bits per heavy atom. The molecule has 1 amide bonds. The number of aliphatic imine (C=N–C) groups is 1. The molecule has 2 aromatic rings. The van der Waals surface area contributed by atoms with E-state index in [1.54, 1.807) is 6.21 Å². The Labute approximate surface area is 205 Å². The highest BCUT2D eigenvalue weighted by atomic mass is 35.5. The number of carbonyl (C=O) groups excluding carboxylic acids is 1. The number of fused-ring (bicyclic) bond motifs is 1. The molecule has 2 aromatic carbocycles. The molecule has 2 unspecified atom stereocenters. The standard InChI is InChI=1S/C25H21Cl3F3NO/c26-21-12-18(13-22(27)23(21)28)20(25(29,30)31)8-2-14-1-7-19-15(3-6-17(19)11-14)9-10-32-24(33)16-4-5-16/h1-2,7-8,10-13,15-16,20H,3-6,9H2/b8-2+,32-10+. The first kappa shape index (κ1) is 24.3. The third kappa shape index (κ3) is 5.82. The number of amides is 1. The molecule has 4 rings (SSSR count). The number of nitrogens with zero attached hydrogens (tertiary/aromatic N) is 1. The van der Waals surface area contributed by atoms with Gasteiger partial charge in [0.15, 0.2) is 0 Å². The third-order valence-electron chi connectivity index (χ3n) is 6.10. The molecule has 33 heavy (non-hydrogen) atoms. The molecule has 174 valence electrons. The molecule has 0 saturated heterocycles. The van der Waals surface area contributed by atoms with Crippen LogP contribution in [0.5, 0.6) is 0 Å². The zero-order chi connectivity index (χ0) is 23.8. The molecule has 0 aliphatic heterocycles. The number of hydrogen-bond donors (Lipinski definition) is 0. The van der Waals surface area contributed by atoms with Crippen LogP contribution in [0.2, 0.25) is 15.1 Å². The van der Waals surface area contributed by atoms with Gasteiger partial charge in [-0.25, -0.2) is 4.99 Å². The molecule has 0 heterocycles. The van der Waals surface area contributed by atoms with Crippen molar-refractivity contribution in [2.75, 3.05) is 0 Å². The Balaban J connectivity index is 1.50. The van der Waals surface area contributed by atoms with Gasteiger partial charge in [-0.15, -0.1) is 0 Å². The summed E-state index contributed by atoms with van der Waals surface area (Å²) < 4.78 is 41.3. The summed E-state index contributed by atoms with van der Waals surface area (Å²) in [5.41, 5.74) is 2.90. The highest BCUT2D eigenvalue weighted by Gasteiger charge is 2.39. The van der Waals surface area contributed by atoms with Crippen molar-refractivity contribution >= 4 is 53.0 Å². The molecule has 2 aliphatic carbocycles. The number of carbonyl (C=O) groups is 1. The van der Waals surface area contributed by atoms with Gasteiger partial charge in [0.1, 0.15) is 0 Å². The van der Waals surface area contributed by atoms with Crippen molar-refractivity contribution in [1.29, 1.82) is 0 Å². The minimum atomic E-state index is -4.52. The molecule has 0 spiro atoms. The van der Waals surface area contributed by atoms with Crippen LogP contribution in [0.25, 0.3) is 6.08 Å². The minimum Gasteiger partial charge on any atom is -0.272 e. The van der Waals surface area contributed by atoms with Crippen LogP contribution in [-0.2, 0) is 11.2 Å². The molecular formula is C25H21Cl3F3NO. The Kier molecular flexibility index (Phi) is 7.23. The van der Waals surface area contributed by atoms with E-state index in [2.05, 4.69) is 4.99 Å². The molecule has 0 N–H and O–H groups in total. The molecule has 2 atom stereocenters. The average Bonchev–Trinajstić information content (AvgIpc) is 3.53. The van der Waals surface area contributed by atoms with Gasteiger partial charge in [-0.3, -0.25) is 4.79 Å². The molecule has 8 heteroatoms. The van der Waals surface area contributed by atoms with Crippen molar-refractivity contribution in [3.05, 3.63) is 73.7 Å². The van der Waals surface area contributed by atoms with Gasteiger partial charge in [0.25, 0.3) is 0 Å². The summed E-state index contributed by atoms with van der Waals surface area (Å²) in [7, 11) is 0. The van der Waals surface area contributed by atoms with E-state index >= 15 is 0 Å². The first-order chi connectivity index (χ1) is 15.6. The Bertz CT molecular complexity index is 1100. The fourth-order valence-corrected chi connectivity index (χ4v) is 4.76. The maximum Gasteiger partial charge on any atom is 0.399 e. The van der Waals surface area contributed by atoms with Crippen molar-refractivity contribution in [2.24, 2.45) is 10.9 Å². The number of alkyl halides is 3. The summed E-state index contributed by atoms with van der Waals surface area (Å²) in [4.78, 5) is 15.8. The number of aryl methyl sites for hydroxylation is 1. The summed E-state index contributed by atoms with van der Waals surface area (Å²) in [5.74, 6) is -1.51. The fraction of sp³-hybridized carbons (Fsp3) is 0.360. The zero-order valence-electron chi connectivity index (χ0n) is 17.5. The van der Waals surface area contributed by atoms with Crippen LogP contribution in [-0.4, -0.2) is 18.3 Å². The predicted octanol–water partition coefficient (Wildman–Crippen LogP) is 8.43. The minimum absolute atomic E-state index is 0.0206. The van der Waals surface area contributed by atoms with E-state index in [4.69, 9.17) is 34.8 Å². The van der Waals surface area contributed by atoms with Crippen LogP contribution in [0, 0.1) is 5.92 Å². The lowest BCUT2D eigenvalue weighted by Gasteiger charge is -2.18. The van der Waals surface area contributed by atoms with Crippen molar-refractivity contribution in [3.8, 4) is 0 Å². The van der Waals surface area contributed by atoms with Crippen LogP contribution in [0.1, 0.15) is 59.8 Å². The summed E-state index contributed by atoms with van der Waals surface area (Å²) >= 11 is 17.8. The summed E-state index contributed by atoms with van der Waals surface area (Å²) in [6.07, 6.45) is 4.11. The highest BCUT2D eigenvalue weighted by molar-refractivity contribution is 6.48. The molecule has 2 aliphatic rings. The molecule has 0 bridgehead atoms. The van der Waals surface area contributed by atoms with E-state index in [1.165, 1.54) is 23.8 Å². The lowest BCUT2D eigenvalue weighted by atomic mass is 9.95. The predicted molar refractivity (Wildman–Crippen MR) is 128 cm³/mol. The second kappa shape index (κ2) is 9.81. The van der Waals surface area contributed by atoms with Crippen LogP contribution in [0.4, 0.5) is 13.2 Å². The highest BCUT2D eigenvalue weighted by Crippen LogP contribution is 2.41. The largest absolute Gasteiger partial charge is 0.399 e. The maximum atomic E-state index is 13.8. The van der Waals surface area contributed by atoms with Crippen molar-refractivity contribution < 1.29 is 18.0 Å². The molecule has 0 aromatic heterocycles. The second-order valence-electron chi connectivity index (χ2n) is 8.53. The number of benzene rings is 2. The Hall–Kier alpha value is -1.82. The van der Waals surface area contributed by atoms with Gasteiger partial charge < -0.3 is 0 Å². The van der Waals surface area contributed by atoms with Crippen molar-refractivity contribution in [3.63, 3.8) is 0 Å². The van der Waals surface area contributed by atoms with Crippen LogP contribution < -0.4 is 0 Å². The van der Waals surface area contributed by atoms with Crippen molar-refractivity contribution in [2.45, 2.75) is 50.1 Å². The van der Waals surface area contributed by atoms with Crippen LogP contribution in [0.3, 0.4) is 0 Å². The number of halogens is 6. The van der Waals surface area contributed by atoms with Gasteiger partial charge >= 0.3 is 6.18 Å². The lowest BCUT2D eigenvalue weighted by molar-refractivity contribution is -0.139. The van der Waals surface area contributed by atoms with Gasteiger partial charge in [0.2, 0.25) is 5.91 Å². The molecule has 2 nitrogen and oxygen atoms in total. The van der Waals surface area contributed by atoms with Crippen LogP contribution >= 0.6 is 34.8 Å². The Morgan fingerprint density at radius 2 is 1.79 bits per heavy atom. The second-order valence-corrected chi connectivity index (χ2v) is 9.72. The quantitative estimate of drug-likeness (QED) is 0.281. The normalized spacial score (nSPS) is 19.4.